The number of amides is 1. The van der Waals surface area contributed by atoms with Gasteiger partial charge in [0.05, 0.1) is 30.4 Å². The number of anilines is 1. The van der Waals surface area contributed by atoms with Gasteiger partial charge in [0, 0.05) is 23.3 Å². The first-order valence-corrected chi connectivity index (χ1v) is 10.2. The molecule has 8 heteroatoms. The average molecular weight is 426 g/mol. The van der Waals surface area contributed by atoms with Crippen LogP contribution in [0.1, 0.15) is 29.9 Å². The summed E-state index contributed by atoms with van der Waals surface area (Å²) in [5.41, 5.74) is 0.938. The summed E-state index contributed by atoms with van der Waals surface area (Å²) in [6.07, 6.45) is 8.75. The molecule has 1 unspecified atom stereocenters. The molecule has 31 heavy (non-hydrogen) atoms. The molecule has 2 aliphatic carbocycles. The molecule has 2 aromatic heterocycles. The lowest BCUT2D eigenvalue weighted by Crippen LogP contribution is -2.30. The van der Waals surface area contributed by atoms with E-state index in [1.54, 1.807) is 26.1 Å². The average Bonchev–Trinajstić information content (AvgIpc) is 3.46. The van der Waals surface area contributed by atoms with E-state index < -0.39 is 11.4 Å². The standard InChI is InChI=1S/C23H24F2N4O2/c1-13-7-18(10-27-21(13)25)29-22(30)19-9-23(19,16-5-4-6-17(24)8-16)12-31-20-11-26-15(3)28-14(20)2/h4-7,10-11,16,19H,8-9,12H2,1-3H3,(H,29,30)/t16?,19-,23+/m0/s1. The Labute approximate surface area is 179 Å². The minimum atomic E-state index is -0.572. The molecular formula is C23H24F2N4O2. The number of ether oxygens (including phenoxy) is 1. The highest BCUT2D eigenvalue weighted by Crippen LogP contribution is 2.60. The third-order valence-corrected chi connectivity index (χ3v) is 6.04. The topological polar surface area (TPSA) is 77.0 Å². The van der Waals surface area contributed by atoms with Gasteiger partial charge in [-0.15, -0.1) is 0 Å². The maximum absolute atomic E-state index is 14.0. The molecule has 3 atom stereocenters. The van der Waals surface area contributed by atoms with Gasteiger partial charge in [0.2, 0.25) is 11.9 Å². The molecule has 1 fully saturated rings. The Morgan fingerprint density at radius 1 is 1.26 bits per heavy atom. The van der Waals surface area contributed by atoms with Crippen LogP contribution in [0.25, 0.3) is 0 Å². The Hall–Kier alpha value is -3.16. The number of rotatable bonds is 6. The van der Waals surface area contributed by atoms with Crippen molar-refractivity contribution in [1.82, 2.24) is 15.0 Å². The van der Waals surface area contributed by atoms with Crippen molar-refractivity contribution in [2.75, 3.05) is 11.9 Å². The van der Waals surface area contributed by atoms with Gasteiger partial charge in [-0.2, -0.15) is 4.39 Å². The highest BCUT2D eigenvalue weighted by atomic mass is 19.1. The van der Waals surface area contributed by atoms with E-state index in [4.69, 9.17) is 4.74 Å². The second kappa shape index (κ2) is 8.17. The second-order valence-electron chi connectivity index (χ2n) is 8.28. The molecule has 0 radical (unpaired) electrons. The highest BCUT2D eigenvalue weighted by molar-refractivity contribution is 5.95. The van der Waals surface area contributed by atoms with Crippen molar-refractivity contribution in [3.05, 3.63) is 65.5 Å². The number of aromatic nitrogens is 3. The Morgan fingerprint density at radius 3 is 2.77 bits per heavy atom. The van der Waals surface area contributed by atoms with Crippen molar-refractivity contribution in [2.24, 2.45) is 17.3 Å². The monoisotopic (exact) mass is 426 g/mol. The molecule has 0 aromatic carbocycles. The summed E-state index contributed by atoms with van der Waals surface area (Å²) in [4.78, 5) is 25.1. The largest absolute Gasteiger partial charge is 0.489 e. The van der Waals surface area contributed by atoms with Gasteiger partial charge in [-0.1, -0.05) is 12.2 Å². The zero-order valence-corrected chi connectivity index (χ0v) is 17.7. The molecule has 2 aliphatic rings. The lowest BCUT2D eigenvalue weighted by atomic mass is 9.82. The third-order valence-electron chi connectivity index (χ3n) is 6.04. The predicted octanol–water partition coefficient (Wildman–Crippen LogP) is 4.39. The minimum absolute atomic E-state index is 0.173. The van der Waals surface area contributed by atoms with Crippen molar-refractivity contribution in [2.45, 2.75) is 33.6 Å². The van der Waals surface area contributed by atoms with Gasteiger partial charge in [0.25, 0.3) is 0 Å². The van der Waals surface area contributed by atoms with E-state index in [2.05, 4.69) is 20.3 Å². The zero-order chi connectivity index (χ0) is 22.2. The van der Waals surface area contributed by atoms with Crippen molar-refractivity contribution in [3.8, 4) is 5.75 Å². The van der Waals surface area contributed by atoms with Crippen LogP contribution in [0.15, 0.2) is 42.5 Å². The Balaban J connectivity index is 1.53. The third kappa shape index (κ3) is 4.33. The number of halogens is 2. The summed E-state index contributed by atoms with van der Waals surface area (Å²) < 4.78 is 33.5. The molecule has 1 N–H and O–H groups in total. The quantitative estimate of drug-likeness (QED) is 0.694. The SMILES string of the molecule is Cc1ncc(OC[C@@]2(C3C=CC=C(F)C3)C[C@H]2C(=O)Nc2cnc(F)c(C)c2)c(C)n1. The van der Waals surface area contributed by atoms with E-state index in [0.717, 1.165) is 0 Å². The summed E-state index contributed by atoms with van der Waals surface area (Å²) in [6, 6.07) is 1.54. The van der Waals surface area contributed by atoms with Gasteiger partial charge in [-0.3, -0.25) is 4.79 Å². The molecule has 2 aromatic rings. The number of hydrogen-bond donors (Lipinski definition) is 1. The van der Waals surface area contributed by atoms with Crippen LogP contribution in [0, 0.1) is 44.0 Å². The molecule has 2 heterocycles. The van der Waals surface area contributed by atoms with Crippen molar-refractivity contribution < 1.29 is 18.3 Å². The molecule has 1 amide bonds. The van der Waals surface area contributed by atoms with Crippen LogP contribution < -0.4 is 10.1 Å². The van der Waals surface area contributed by atoms with Crippen molar-refractivity contribution in [3.63, 3.8) is 0 Å². The molecule has 162 valence electrons. The highest BCUT2D eigenvalue weighted by Gasteiger charge is 2.62. The zero-order valence-electron chi connectivity index (χ0n) is 17.7. The summed E-state index contributed by atoms with van der Waals surface area (Å²) in [5.74, 6) is -0.350. The molecule has 0 bridgehead atoms. The Bertz CT molecular complexity index is 1090. The van der Waals surface area contributed by atoms with Gasteiger partial charge in [-0.05, 0) is 45.3 Å². The summed E-state index contributed by atoms with van der Waals surface area (Å²) in [5, 5.41) is 2.81. The first kappa shape index (κ1) is 21.1. The van der Waals surface area contributed by atoms with Crippen LogP contribution in [0.3, 0.4) is 0 Å². The second-order valence-corrected chi connectivity index (χ2v) is 8.28. The molecule has 1 saturated carbocycles. The van der Waals surface area contributed by atoms with Gasteiger partial charge in [0.1, 0.15) is 11.7 Å². The number of hydrogen-bond acceptors (Lipinski definition) is 5. The summed E-state index contributed by atoms with van der Waals surface area (Å²) in [6.45, 7) is 5.45. The first-order valence-electron chi connectivity index (χ1n) is 10.2. The summed E-state index contributed by atoms with van der Waals surface area (Å²) >= 11 is 0. The smallest absolute Gasteiger partial charge is 0.228 e. The molecular weight excluding hydrogens is 402 g/mol. The predicted molar refractivity (Wildman–Crippen MR) is 112 cm³/mol. The summed E-state index contributed by atoms with van der Waals surface area (Å²) in [7, 11) is 0. The first-order chi connectivity index (χ1) is 14.8. The van der Waals surface area contributed by atoms with Gasteiger partial charge >= 0.3 is 0 Å². The Kier molecular flexibility index (Phi) is 5.56. The van der Waals surface area contributed by atoms with Crippen LogP contribution in [0.4, 0.5) is 14.5 Å². The van der Waals surface area contributed by atoms with Gasteiger partial charge in [0.15, 0.2) is 5.75 Å². The van der Waals surface area contributed by atoms with Crippen molar-refractivity contribution in [1.29, 1.82) is 0 Å². The maximum atomic E-state index is 14.0. The number of nitrogens with zero attached hydrogens (tertiary/aromatic N) is 3. The number of allylic oxidation sites excluding steroid dienone is 4. The van der Waals surface area contributed by atoms with E-state index in [9.17, 15) is 13.6 Å². The Morgan fingerprint density at radius 2 is 2.06 bits per heavy atom. The lowest BCUT2D eigenvalue weighted by Gasteiger charge is -2.27. The van der Waals surface area contributed by atoms with Gasteiger partial charge in [-0.25, -0.2) is 19.3 Å². The number of nitrogens with one attached hydrogen (secondary N) is 1. The van der Waals surface area contributed by atoms with Crippen LogP contribution in [-0.4, -0.2) is 27.5 Å². The lowest BCUT2D eigenvalue weighted by molar-refractivity contribution is -0.118. The van der Waals surface area contributed by atoms with Crippen LogP contribution in [0.5, 0.6) is 5.75 Å². The number of pyridine rings is 1. The van der Waals surface area contributed by atoms with E-state index in [1.165, 1.54) is 18.3 Å². The maximum Gasteiger partial charge on any atom is 0.228 e. The fourth-order valence-electron chi connectivity index (χ4n) is 4.17. The number of aryl methyl sites for hydroxylation is 3. The number of carbonyl (C=O) groups excluding carboxylic acids is 1. The van der Waals surface area contributed by atoms with E-state index >= 15 is 0 Å². The minimum Gasteiger partial charge on any atom is -0.489 e. The number of carbonyl (C=O) groups is 1. The normalized spacial score (nSPS) is 24.5. The van der Waals surface area contributed by atoms with Crippen LogP contribution in [0.2, 0.25) is 0 Å². The van der Waals surface area contributed by atoms with E-state index in [0.29, 0.717) is 34.9 Å². The molecule has 6 nitrogen and oxygen atoms in total. The molecule has 0 aliphatic heterocycles. The fraction of sp³-hybridized carbons (Fsp3) is 0.391. The molecule has 0 spiro atoms. The van der Waals surface area contributed by atoms with Gasteiger partial charge < -0.3 is 10.1 Å². The van der Waals surface area contributed by atoms with Crippen LogP contribution in [-0.2, 0) is 4.79 Å². The van der Waals surface area contributed by atoms with E-state index in [1.807, 2.05) is 13.0 Å². The molecule has 4 rings (SSSR count). The molecule has 0 saturated heterocycles. The fourth-order valence-corrected chi connectivity index (χ4v) is 4.17. The van der Waals surface area contributed by atoms with Crippen molar-refractivity contribution >= 4 is 11.6 Å². The van der Waals surface area contributed by atoms with E-state index in [-0.39, 0.29) is 36.6 Å². The van der Waals surface area contributed by atoms with Crippen LogP contribution >= 0.6 is 0 Å².